The van der Waals surface area contributed by atoms with Gasteiger partial charge in [-0.15, -0.1) is 0 Å². The average molecular weight is 453 g/mol. The zero-order valence-corrected chi connectivity index (χ0v) is 20.1. The van der Waals surface area contributed by atoms with Crippen molar-refractivity contribution < 1.29 is 19.1 Å². The molecule has 1 fully saturated rings. The molecule has 1 aliphatic rings. The van der Waals surface area contributed by atoms with Gasteiger partial charge in [-0.25, -0.2) is 4.39 Å². The fourth-order valence-corrected chi connectivity index (χ4v) is 4.17. The van der Waals surface area contributed by atoms with Gasteiger partial charge in [0, 0.05) is 18.7 Å². The van der Waals surface area contributed by atoms with Gasteiger partial charge in [0.05, 0.1) is 11.6 Å². The number of Topliss-reactive ketones (excluding diaryl/α,β-unsaturated/α-hetero) is 1. The van der Waals surface area contributed by atoms with Crippen molar-refractivity contribution in [3.8, 4) is 0 Å². The Bertz CT molecular complexity index is 1030. The molecule has 0 aliphatic carbocycles. The molecule has 176 valence electrons. The highest BCUT2D eigenvalue weighted by molar-refractivity contribution is 6.46. The van der Waals surface area contributed by atoms with Crippen molar-refractivity contribution in [3.63, 3.8) is 0 Å². The van der Waals surface area contributed by atoms with Crippen molar-refractivity contribution >= 4 is 17.4 Å². The van der Waals surface area contributed by atoms with Crippen LogP contribution in [-0.2, 0) is 15.0 Å². The molecule has 1 saturated heterocycles. The summed E-state index contributed by atoms with van der Waals surface area (Å²) in [6.07, 6.45) is 0. The summed E-state index contributed by atoms with van der Waals surface area (Å²) in [4.78, 5) is 29.9. The molecule has 0 bridgehead atoms. The molecule has 0 unspecified atom stereocenters. The van der Waals surface area contributed by atoms with Crippen molar-refractivity contribution in [2.45, 2.75) is 46.1 Å². The van der Waals surface area contributed by atoms with Crippen molar-refractivity contribution in [2.24, 2.45) is 0 Å². The molecule has 1 amide bonds. The topological polar surface area (TPSA) is 60.9 Å². The van der Waals surface area contributed by atoms with Gasteiger partial charge in [-0.3, -0.25) is 9.59 Å². The normalized spacial score (nSPS) is 18.4. The number of hydrogen-bond acceptors (Lipinski definition) is 4. The van der Waals surface area contributed by atoms with Crippen molar-refractivity contribution in [1.29, 1.82) is 0 Å². The van der Waals surface area contributed by atoms with Crippen LogP contribution in [0.2, 0.25) is 0 Å². The van der Waals surface area contributed by atoms with E-state index in [0.717, 1.165) is 24.2 Å². The largest absolute Gasteiger partial charge is 0.507 e. The Balaban J connectivity index is 2.10. The number of halogens is 1. The van der Waals surface area contributed by atoms with Crippen LogP contribution in [-0.4, -0.2) is 52.8 Å². The van der Waals surface area contributed by atoms with E-state index in [0.29, 0.717) is 18.7 Å². The number of rotatable bonds is 7. The third-order valence-corrected chi connectivity index (χ3v) is 6.30. The predicted molar refractivity (Wildman–Crippen MR) is 128 cm³/mol. The molecule has 1 N–H and O–H groups in total. The fourth-order valence-electron chi connectivity index (χ4n) is 4.17. The van der Waals surface area contributed by atoms with Gasteiger partial charge in [-0.05, 0) is 53.9 Å². The van der Waals surface area contributed by atoms with Gasteiger partial charge in [0.25, 0.3) is 11.7 Å². The summed E-state index contributed by atoms with van der Waals surface area (Å²) in [6, 6.07) is 12.4. The lowest BCUT2D eigenvalue weighted by atomic mass is 9.85. The van der Waals surface area contributed by atoms with E-state index >= 15 is 0 Å². The Morgan fingerprint density at radius 3 is 2.09 bits per heavy atom. The van der Waals surface area contributed by atoms with Crippen LogP contribution in [0.1, 0.15) is 57.4 Å². The second-order valence-electron chi connectivity index (χ2n) is 9.40. The molecule has 0 aromatic heterocycles. The maximum Gasteiger partial charge on any atom is 0.295 e. The van der Waals surface area contributed by atoms with Crippen LogP contribution in [0.4, 0.5) is 4.39 Å². The molecule has 5 nitrogen and oxygen atoms in total. The minimum atomic E-state index is -0.721. The zero-order chi connectivity index (χ0) is 24.3. The third kappa shape index (κ3) is 5.17. The lowest BCUT2D eigenvalue weighted by molar-refractivity contribution is -0.140. The Morgan fingerprint density at radius 1 is 1.00 bits per heavy atom. The Kier molecular flexibility index (Phi) is 7.38. The van der Waals surface area contributed by atoms with E-state index in [4.69, 9.17) is 0 Å². The van der Waals surface area contributed by atoms with Gasteiger partial charge in [0.1, 0.15) is 11.6 Å². The van der Waals surface area contributed by atoms with Crippen LogP contribution >= 0.6 is 0 Å². The molecule has 0 radical (unpaired) electrons. The summed E-state index contributed by atoms with van der Waals surface area (Å²) < 4.78 is 13.4. The number of aliphatic hydroxyl groups excluding tert-OH is 1. The summed E-state index contributed by atoms with van der Waals surface area (Å²) in [7, 11) is 0. The van der Waals surface area contributed by atoms with E-state index in [9.17, 15) is 19.1 Å². The lowest BCUT2D eigenvalue weighted by Crippen LogP contribution is -2.38. The summed E-state index contributed by atoms with van der Waals surface area (Å²) >= 11 is 0. The number of carbonyl (C=O) groups is 2. The van der Waals surface area contributed by atoms with Crippen LogP contribution in [0.5, 0.6) is 0 Å². The fraction of sp³-hybridized carbons (Fsp3) is 0.407. The van der Waals surface area contributed by atoms with E-state index in [-0.39, 0.29) is 16.7 Å². The summed E-state index contributed by atoms with van der Waals surface area (Å²) in [5.41, 5.74) is 2.18. The van der Waals surface area contributed by atoms with E-state index < -0.39 is 23.5 Å². The zero-order valence-electron chi connectivity index (χ0n) is 20.1. The van der Waals surface area contributed by atoms with Crippen LogP contribution in [0, 0.1) is 5.82 Å². The third-order valence-electron chi connectivity index (χ3n) is 6.30. The summed E-state index contributed by atoms with van der Waals surface area (Å²) in [5, 5.41) is 11.0. The van der Waals surface area contributed by atoms with E-state index in [2.05, 4.69) is 39.5 Å². The molecule has 33 heavy (non-hydrogen) atoms. The van der Waals surface area contributed by atoms with Crippen molar-refractivity contribution in [1.82, 2.24) is 9.80 Å². The quantitative estimate of drug-likeness (QED) is 0.369. The smallest absolute Gasteiger partial charge is 0.295 e. The first-order chi connectivity index (χ1) is 15.6. The SMILES string of the molecule is CCN(CC)CCN1C(=O)C(=O)C(=C(O)c2ccc(F)cc2)[C@@H]1c1ccc(C(C)(C)C)cc1. The van der Waals surface area contributed by atoms with Gasteiger partial charge >= 0.3 is 0 Å². The molecule has 0 spiro atoms. The summed E-state index contributed by atoms with van der Waals surface area (Å²) in [5.74, 6) is -2.08. The standard InChI is InChI=1S/C27H33FN2O3/c1-6-29(7-2)16-17-30-23(18-8-12-20(13-9-18)27(3,4)5)22(25(32)26(30)33)24(31)19-10-14-21(28)15-11-19/h8-15,23,31H,6-7,16-17H2,1-5H3/t23-/m0/s1. The molecule has 0 saturated carbocycles. The minimum absolute atomic E-state index is 0.0367. The molecule has 1 aliphatic heterocycles. The molecule has 1 heterocycles. The van der Waals surface area contributed by atoms with Gasteiger partial charge in [0.2, 0.25) is 0 Å². The first-order valence-corrected chi connectivity index (χ1v) is 11.5. The van der Waals surface area contributed by atoms with Gasteiger partial charge in [-0.2, -0.15) is 0 Å². The molecular formula is C27H33FN2O3. The highest BCUT2D eigenvalue weighted by Gasteiger charge is 2.46. The monoisotopic (exact) mass is 452 g/mol. The van der Waals surface area contributed by atoms with Gasteiger partial charge < -0.3 is 14.9 Å². The van der Waals surface area contributed by atoms with Crippen molar-refractivity contribution in [2.75, 3.05) is 26.2 Å². The summed E-state index contributed by atoms with van der Waals surface area (Å²) in [6.45, 7) is 13.1. The first kappa shape index (κ1) is 24.6. The number of ketones is 1. The number of amides is 1. The number of nitrogens with zero attached hydrogens (tertiary/aromatic N) is 2. The van der Waals surface area contributed by atoms with E-state index in [1.165, 1.54) is 24.3 Å². The second kappa shape index (κ2) is 9.87. The van der Waals surface area contributed by atoms with Gasteiger partial charge in [-0.1, -0.05) is 58.9 Å². The molecular weight excluding hydrogens is 419 g/mol. The highest BCUT2D eigenvalue weighted by atomic mass is 19.1. The van der Waals surface area contributed by atoms with Gasteiger partial charge in [0.15, 0.2) is 0 Å². The molecule has 6 heteroatoms. The number of likely N-dealkylation sites (N-methyl/N-ethyl adjacent to an activating group) is 1. The highest BCUT2D eigenvalue weighted by Crippen LogP contribution is 2.39. The lowest BCUT2D eigenvalue weighted by Gasteiger charge is -2.28. The molecule has 2 aromatic carbocycles. The van der Waals surface area contributed by atoms with Crippen molar-refractivity contribution in [3.05, 3.63) is 76.6 Å². The number of aliphatic hydroxyl groups is 1. The van der Waals surface area contributed by atoms with E-state index in [1.54, 1.807) is 4.90 Å². The number of carbonyl (C=O) groups excluding carboxylic acids is 2. The maximum atomic E-state index is 13.4. The molecule has 1 atom stereocenters. The first-order valence-electron chi connectivity index (χ1n) is 11.5. The van der Waals surface area contributed by atoms with Crippen LogP contribution in [0.3, 0.4) is 0 Å². The van der Waals surface area contributed by atoms with Crippen LogP contribution in [0.15, 0.2) is 54.1 Å². The second-order valence-corrected chi connectivity index (χ2v) is 9.40. The van der Waals surface area contributed by atoms with Crippen LogP contribution in [0.25, 0.3) is 5.76 Å². The molecule has 2 aromatic rings. The number of likely N-dealkylation sites (tertiary alicyclic amines) is 1. The minimum Gasteiger partial charge on any atom is -0.507 e. The predicted octanol–water partition coefficient (Wildman–Crippen LogP) is 4.89. The average Bonchev–Trinajstić information content (AvgIpc) is 3.04. The Hall–Kier alpha value is -2.99. The Labute approximate surface area is 195 Å². The number of benzene rings is 2. The molecule has 3 rings (SSSR count). The Morgan fingerprint density at radius 2 is 1.58 bits per heavy atom. The number of hydrogen-bond donors (Lipinski definition) is 1. The van der Waals surface area contributed by atoms with E-state index in [1.807, 2.05) is 24.3 Å². The van der Waals surface area contributed by atoms with Crippen LogP contribution < -0.4 is 0 Å². The maximum absolute atomic E-state index is 13.4.